The first-order chi connectivity index (χ1) is 19.6. The highest BCUT2D eigenvalue weighted by Crippen LogP contribution is 2.31. The van der Waals surface area contributed by atoms with Crippen LogP contribution in [0.4, 0.5) is 0 Å². The predicted molar refractivity (Wildman–Crippen MR) is 156 cm³/mol. The summed E-state index contributed by atoms with van der Waals surface area (Å²) in [5.74, 6) is 12.0. The normalized spacial score (nSPS) is 11.6. The Hall–Kier alpha value is -5.84. The largest absolute Gasteiger partial charge is 0.287 e. The number of fused-ring (bicyclic) bond motifs is 1. The average molecular weight is 513 g/mol. The molecule has 0 radical (unpaired) electrons. The van der Waals surface area contributed by atoms with Crippen LogP contribution in [0.2, 0.25) is 0 Å². The Kier molecular flexibility index (Phi) is 6.66. The molecule has 0 atom stereocenters. The summed E-state index contributed by atoms with van der Waals surface area (Å²) in [6, 6.07) is 34.8. The van der Waals surface area contributed by atoms with Crippen LogP contribution < -0.4 is 0 Å². The van der Waals surface area contributed by atoms with Gasteiger partial charge in [-0.3, -0.25) is 9.59 Å². The van der Waals surface area contributed by atoms with E-state index in [0.29, 0.717) is 11.4 Å². The maximum atomic E-state index is 12.6. The zero-order valence-electron chi connectivity index (χ0n) is 21.3. The molecule has 40 heavy (non-hydrogen) atoms. The van der Waals surface area contributed by atoms with Crippen molar-refractivity contribution in [2.45, 2.75) is 0 Å². The quantitative estimate of drug-likeness (QED) is 0.252. The van der Waals surface area contributed by atoms with E-state index >= 15 is 0 Å². The zero-order valence-corrected chi connectivity index (χ0v) is 21.3. The van der Waals surface area contributed by atoms with E-state index < -0.39 is 0 Å². The lowest BCUT2D eigenvalue weighted by atomic mass is 9.98. The van der Waals surface area contributed by atoms with E-state index in [0.717, 1.165) is 33.4 Å². The van der Waals surface area contributed by atoms with Gasteiger partial charge in [0.1, 0.15) is 11.4 Å². The number of hydrogen-bond acceptors (Lipinski definition) is 4. The molecule has 4 nitrogen and oxygen atoms in total. The van der Waals surface area contributed by atoms with Crippen LogP contribution in [-0.4, -0.2) is 21.5 Å². The minimum absolute atomic E-state index is 0.0598. The lowest BCUT2D eigenvalue weighted by molar-refractivity contribution is 0.0987. The number of ketones is 2. The average Bonchev–Trinajstić information content (AvgIpc) is 3.02. The number of aromatic nitrogens is 2. The van der Waals surface area contributed by atoms with Crippen molar-refractivity contribution in [2.75, 3.05) is 0 Å². The van der Waals surface area contributed by atoms with Crippen molar-refractivity contribution in [1.82, 2.24) is 9.97 Å². The first-order valence-corrected chi connectivity index (χ1v) is 12.7. The smallest absolute Gasteiger partial charge is 0.206 e. The third-order valence-corrected chi connectivity index (χ3v) is 6.32. The fraction of sp³-hybridized carbons (Fsp3) is 0. The van der Waals surface area contributed by atoms with Gasteiger partial charge in [0, 0.05) is 33.4 Å². The standard InChI is InChI=1S/C36H20N2O2/c39-31-23-24-32(40)36-35(31)37-33(29-19-15-27(16-20-29)13-11-25-7-3-1-4-8-25)34(38-36)30-21-17-28(18-22-30)14-12-26-9-5-2-6-10-26/h1-10,15-24H. The van der Waals surface area contributed by atoms with Crippen LogP contribution in [0.1, 0.15) is 43.2 Å². The Bertz CT molecular complexity index is 1760. The number of carbonyl (C=O) groups excluding carboxylic acids is 2. The lowest BCUT2D eigenvalue weighted by Gasteiger charge is -2.14. The van der Waals surface area contributed by atoms with E-state index in [-0.39, 0.29) is 23.0 Å². The molecule has 0 saturated heterocycles. The van der Waals surface area contributed by atoms with Gasteiger partial charge in [0.05, 0.1) is 11.4 Å². The molecule has 0 aliphatic heterocycles. The Labute approximate surface area is 232 Å². The molecule has 0 fully saturated rings. The fourth-order valence-corrected chi connectivity index (χ4v) is 4.25. The molecule has 6 rings (SSSR count). The van der Waals surface area contributed by atoms with Gasteiger partial charge in [-0.25, -0.2) is 9.97 Å². The number of allylic oxidation sites excluding steroid dienone is 2. The zero-order chi connectivity index (χ0) is 27.3. The first-order valence-electron chi connectivity index (χ1n) is 12.7. The highest BCUT2D eigenvalue weighted by atomic mass is 16.1. The van der Waals surface area contributed by atoms with E-state index in [9.17, 15) is 9.59 Å². The highest BCUT2D eigenvalue weighted by Gasteiger charge is 2.26. The molecule has 0 saturated carbocycles. The Morgan fingerprint density at radius 3 is 1.05 bits per heavy atom. The molecule has 0 N–H and O–H groups in total. The van der Waals surface area contributed by atoms with E-state index in [2.05, 4.69) is 33.6 Å². The SMILES string of the molecule is O=C1C=CC(=O)c2nc(-c3ccc(C#Cc4ccccc4)cc3)c(-c3ccc(C#Cc4ccccc4)cc3)nc21. The third-order valence-electron chi connectivity index (χ3n) is 6.32. The first kappa shape index (κ1) is 24.5. The number of nitrogens with zero attached hydrogens (tertiary/aromatic N) is 2. The molecule has 1 aromatic heterocycles. The summed E-state index contributed by atoms with van der Waals surface area (Å²) in [6.45, 7) is 0. The molecule has 0 unspecified atom stereocenters. The second-order valence-electron chi connectivity index (χ2n) is 9.07. The Morgan fingerprint density at radius 2 is 0.700 bits per heavy atom. The summed E-state index contributed by atoms with van der Waals surface area (Å²) < 4.78 is 0. The van der Waals surface area contributed by atoms with E-state index in [1.807, 2.05) is 109 Å². The van der Waals surface area contributed by atoms with Crippen molar-refractivity contribution >= 4 is 11.6 Å². The van der Waals surface area contributed by atoms with Gasteiger partial charge in [-0.05, 0) is 60.7 Å². The van der Waals surface area contributed by atoms with Crippen molar-refractivity contribution in [2.24, 2.45) is 0 Å². The minimum atomic E-state index is -0.341. The van der Waals surface area contributed by atoms with Gasteiger partial charge in [-0.2, -0.15) is 0 Å². The van der Waals surface area contributed by atoms with Crippen LogP contribution in [-0.2, 0) is 0 Å². The molecule has 4 aromatic carbocycles. The van der Waals surface area contributed by atoms with Crippen LogP contribution >= 0.6 is 0 Å². The van der Waals surface area contributed by atoms with Gasteiger partial charge in [-0.15, -0.1) is 0 Å². The topological polar surface area (TPSA) is 59.9 Å². The number of hydrogen-bond donors (Lipinski definition) is 0. The summed E-state index contributed by atoms with van der Waals surface area (Å²) >= 11 is 0. The molecule has 0 spiro atoms. The molecular formula is C36H20N2O2. The van der Waals surface area contributed by atoms with Crippen molar-refractivity contribution in [3.05, 3.63) is 155 Å². The van der Waals surface area contributed by atoms with Crippen LogP contribution in [0, 0.1) is 23.7 Å². The molecule has 0 bridgehead atoms. The van der Waals surface area contributed by atoms with Gasteiger partial charge < -0.3 is 0 Å². The van der Waals surface area contributed by atoms with Crippen molar-refractivity contribution < 1.29 is 9.59 Å². The highest BCUT2D eigenvalue weighted by molar-refractivity contribution is 6.20. The lowest BCUT2D eigenvalue weighted by Crippen LogP contribution is -2.17. The van der Waals surface area contributed by atoms with E-state index in [4.69, 9.17) is 0 Å². The molecule has 186 valence electrons. The van der Waals surface area contributed by atoms with Gasteiger partial charge in [-0.1, -0.05) is 84.3 Å². The second-order valence-corrected chi connectivity index (χ2v) is 9.07. The predicted octanol–water partition coefficient (Wildman–Crippen LogP) is 6.55. The summed E-state index contributed by atoms with van der Waals surface area (Å²) in [4.78, 5) is 34.5. The van der Waals surface area contributed by atoms with E-state index in [1.165, 1.54) is 12.2 Å². The maximum Gasteiger partial charge on any atom is 0.206 e. The van der Waals surface area contributed by atoms with Gasteiger partial charge in [0.25, 0.3) is 0 Å². The second kappa shape index (κ2) is 10.9. The van der Waals surface area contributed by atoms with Gasteiger partial charge in [0.15, 0.2) is 0 Å². The molecule has 0 amide bonds. The van der Waals surface area contributed by atoms with Crippen LogP contribution in [0.25, 0.3) is 22.5 Å². The monoisotopic (exact) mass is 512 g/mol. The van der Waals surface area contributed by atoms with Crippen LogP contribution in [0.5, 0.6) is 0 Å². The fourth-order valence-electron chi connectivity index (χ4n) is 4.25. The van der Waals surface area contributed by atoms with Gasteiger partial charge in [0.2, 0.25) is 11.6 Å². The van der Waals surface area contributed by atoms with Crippen molar-refractivity contribution in [1.29, 1.82) is 0 Å². The summed E-state index contributed by atoms with van der Waals surface area (Å²) in [5.41, 5.74) is 6.23. The van der Waals surface area contributed by atoms with Crippen LogP contribution in [0.3, 0.4) is 0 Å². The molecule has 1 heterocycles. The molecular weight excluding hydrogens is 492 g/mol. The Balaban J connectivity index is 1.39. The Morgan fingerprint density at radius 1 is 0.375 bits per heavy atom. The maximum absolute atomic E-state index is 12.6. The number of carbonyl (C=O) groups is 2. The molecule has 4 heteroatoms. The minimum Gasteiger partial charge on any atom is -0.287 e. The van der Waals surface area contributed by atoms with Gasteiger partial charge >= 0.3 is 0 Å². The van der Waals surface area contributed by atoms with E-state index in [1.54, 1.807) is 0 Å². The number of benzene rings is 4. The third kappa shape index (κ3) is 5.24. The van der Waals surface area contributed by atoms with Crippen molar-refractivity contribution in [3.8, 4) is 46.2 Å². The van der Waals surface area contributed by atoms with Crippen LogP contribution in [0.15, 0.2) is 121 Å². The summed E-state index contributed by atoms with van der Waals surface area (Å²) in [5, 5.41) is 0. The molecule has 5 aromatic rings. The summed E-state index contributed by atoms with van der Waals surface area (Å²) in [6.07, 6.45) is 2.48. The number of rotatable bonds is 2. The van der Waals surface area contributed by atoms with Crippen molar-refractivity contribution in [3.63, 3.8) is 0 Å². The molecule has 1 aliphatic rings. The summed E-state index contributed by atoms with van der Waals surface area (Å²) in [7, 11) is 0. The molecule has 1 aliphatic carbocycles.